The van der Waals surface area contributed by atoms with Gasteiger partial charge in [0.25, 0.3) is 0 Å². The highest BCUT2D eigenvalue weighted by Crippen LogP contribution is 2.28. The van der Waals surface area contributed by atoms with Crippen LogP contribution in [0, 0.1) is 11.8 Å². The van der Waals surface area contributed by atoms with E-state index in [4.69, 9.17) is 0 Å². The average molecular weight is 342 g/mol. The lowest BCUT2D eigenvalue weighted by atomic mass is 9.82. The number of piperidine rings is 1. The fourth-order valence-corrected chi connectivity index (χ4v) is 4.12. The highest BCUT2D eigenvalue weighted by Gasteiger charge is 2.29. The molecule has 1 aliphatic heterocycles. The van der Waals surface area contributed by atoms with Crippen molar-refractivity contribution in [3.05, 3.63) is 35.4 Å². The van der Waals surface area contributed by atoms with E-state index in [0.717, 1.165) is 45.2 Å². The van der Waals surface area contributed by atoms with Gasteiger partial charge in [-0.25, -0.2) is 0 Å². The van der Waals surface area contributed by atoms with Gasteiger partial charge in [-0.1, -0.05) is 24.3 Å². The minimum absolute atomic E-state index is 0.0630. The van der Waals surface area contributed by atoms with E-state index >= 15 is 0 Å². The molecule has 1 fully saturated rings. The number of amides is 2. The molecule has 0 spiro atoms. The molecule has 1 atom stereocenters. The zero-order valence-corrected chi connectivity index (χ0v) is 15.5. The molecule has 0 bridgehead atoms. The molecule has 25 heavy (non-hydrogen) atoms. The molecule has 1 aromatic carbocycles. The molecular formula is C21H30N2O2. The summed E-state index contributed by atoms with van der Waals surface area (Å²) in [5.41, 5.74) is 2.86. The lowest BCUT2D eigenvalue weighted by Gasteiger charge is -2.33. The van der Waals surface area contributed by atoms with Crippen LogP contribution in [0.2, 0.25) is 0 Å². The molecule has 0 unspecified atom stereocenters. The average Bonchev–Trinajstić information content (AvgIpc) is 2.61. The second kappa shape index (κ2) is 8.03. The Balaban J connectivity index is 1.47. The molecule has 0 radical (unpaired) electrons. The molecule has 1 aliphatic carbocycles. The van der Waals surface area contributed by atoms with E-state index in [1.807, 2.05) is 18.7 Å². The number of carbonyl (C=O) groups is 2. The van der Waals surface area contributed by atoms with E-state index in [0.29, 0.717) is 12.3 Å². The Labute approximate surface area is 151 Å². The lowest BCUT2D eigenvalue weighted by Crippen LogP contribution is -2.44. The number of likely N-dealkylation sites (tertiary alicyclic amines) is 1. The van der Waals surface area contributed by atoms with Crippen molar-refractivity contribution in [3.8, 4) is 0 Å². The number of nitrogens with zero attached hydrogens (tertiary/aromatic N) is 1. The van der Waals surface area contributed by atoms with Crippen LogP contribution in [0.3, 0.4) is 0 Å². The lowest BCUT2D eigenvalue weighted by molar-refractivity contribution is -0.136. The topological polar surface area (TPSA) is 49.4 Å². The standard InChI is InChI=1S/C21H30N2O2/c1-15(2)22-21(25)18-9-11-23(12-10-18)20(24)14-16-7-8-17-5-3-4-6-19(17)13-16/h3-6,15-16,18H,7-14H2,1-2H3,(H,22,25)/t16-/m0/s1. The van der Waals surface area contributed by atoms with Crippen LogP contribution in [0.1, 0.15) is 50.7 Å². The maximum Gasteiger partial charge on any atom is 0.223 e. The minimum Gasteiger partial charge on any atom is -0.354 e. The second-order valence-corrected chi connectivity index (χ2v) is 7.90. The van der Waals surface area contributed by atoms with Crippen LogP contribution < -0.4 is 5.32 Å². The van der Waals surface area contributed by atoms with Gasteiger partial charge in [0.15, 0.2) is 0 Å². The van der Waals surface area contributed by atoms with Gasteiger partial charge in [0.1, 0.15) is 0 Å². The summed E-state index contributed by atoms with van der Waals surface area (Å²) in [6.45, 7) is 5.41. The van der Waals surface area contributed by atoms with Gasteiger partial charge in [0.05, 0.1) is 0 Å². The fraction of sp³-hybridized carbons (Fsp3) is 0.619. The summed E-state index contributed by atoms with van der Waals surface area (Å²) in [5, 5.41) is 2.99. The number of benzene rings is 1. The first-order valence-electron chi connectivity index (χ1n) is 9.68. The molecule has 1 N–H and O–H groups in total. The number of rotatable bonds is 4. The summed E-state index contributed by atoms with van der Waals surface area (Å²) in [6, 6.07) is 8.78. The molecule has 136 valence electrons. The molecule has 4 heteroatoms. The van der Waals surface area contributed by atoms with Crippen LogP contribution in [0.25, 0.3) is 0 Å². The van der Waals surface area contributed by atoms with Crippen molar-refractivity contribution in [2.75, 3.05) is 13.1 Å². The van der Waals surface area contributed by atoms with Crippen molar-refractivity contribution in [3.63, 3.8) is 0 Å². The Morgan fingerprint density at radius 1 is 1.12 bits per heavy atom. The quantitative estimate of drug-likeness (QED) is 0.914. The summed E-state index contributed by atoms with van der Waals surface area (Å²) in [5.74, 6) is 0.940. The van der Waals surface area contributed by atoms with Crippen LogP contribution in [-0.2, 0) is 22.4 Å². The van der Waals surface area contributed by atoms with Gasteiger partial charge in [-0.15, -0.1) is 0 Å². The fourth-order valence-electron chi connectivity index (χ4n) is 4.12. The number of carbonyl (C=O) groups excluding carboxylic acids is 2. The van der Waals surface area contributed by atoms with Gasteiger partial charge in [-0.2, -0.15) is 0 Å². The smallest absolute Gasteiger partial charge is 0.223 e. The maximum absolute atomic E-state index is 12.7. The highest BCUT2D eigenvalue weighted by molar-refractivity contribution is 5.80. The molecule has 1 aromatic rings. The van der Waals surface area contributed by atoms with E-state index in [1.54, 1.807) is 0 Å². The summed E-state index contributed by atoms with van der Waals surface area (Å²) in [6.07, 6.45) is 5.45. The SMILES string of the molecule is CC(C)NC(=O)C1CCN(C(=O)C[C@H]2CCc3ccccc3C2)CC1. The van der Waals surface area contributed by atoms with Gasteiger partial charge in [-0.05, 0) is 63.0 Å². The van der Waals surface area contributed by atoms with Gasteiger partial charge >= 0.3 is 0 Å². The summed E-state index contributed by atoms with van der Waals surface area (Å²) in [7, 11) is 0. The normalized spacial score (nSPS) is 21.1. The Morgan fingerprint density at radius 2 is 1.80 bits per heavy atom. The van der Waals surface area contributed by atoms with Crippen LogP contribution in [0.15, 0.2) is 24.3 Å². The largest absolute Gasteiger partial charge is 0.354 e. The number of hydrogen-bond acceptors (Lipinski definition) is 2. The first kappa shape index (κ1) is 18.0. The molecule has 0 saturated carbocycles. The number of hydrogen-bond donors (Lipinski definition) is 1. The van der Waals surface area contributed by atoms with Gasteiger partial charge in [0.2, 0.25) is 11.8 Å². The van der Waals surface area contributed by atoms with Crippen molar-refractivity contribution in [2.24, 2.45) is 11.8 Å². The highest BCUT2D eigenvalue weighted by atomic mass is 16.2. The Hall–Kier alpha value is -1.84. The first-order valence-corrected chi connectivity index (χ1v) is 9.68. The zero-order chi connectivity index (χ0) is 17.8. The molecule has 4 nitrogen and oxygen atoms in total. The van der Waals surface area contributed by atoms with E-state index < -0.39 is 0 Å². The van der Waals surface area contributed by atoms with Gasteiger partial charge in [0, 0.05) is 31.5 Å². The molecule has 0 aromatic heterocycles. The van der Waals surface area contributed by atoms with E-state index in [2.05, 4.69) is 29.6 Å². The summed E-state index contributed by atoms with van der Waals surface area (Å²) >= 11 is 0. The van der Waals surface area contributed by atoms with Crippen molar-refractivity contribution < 1.29 is 9.59 Å². The molecule has 1 saturated heterocycles. The predicted molar refractivity (Wildman–Crippen MR) is 99.2 cm³/mol. The maximum atomic E-state index is 12.7. The van der Waals surface area contributed by atoms with Crippen molar-refractivity contribution in [1.82, 2.24) is 10.2 Å². The van der Waals surface area contributed by atoms with Crippen molar-refractivity contribution in [1.29, 1.82) is 0 Å². The monoisotopic (exact) mass is 342 g/mol. The number of aryl methyl sites for hydroxylation is 1. The first-order chi connectivity index (χ1) is 12.0. The number of fused-ring (bicyclic) bond motifs is 1. The minimum atomic E-state index is 0.0630. The molecule has 1 heterocycles. The van der Waals surface area contributed by atoms with Crippen LogP contribution in [0.5, 0.6) is 0 Å². The third kappa shape index (κ3) is 4.62. The molecule has 2 aliphatic rings. The van der Waals surface area contributed by atoms with Crippen molar-refractivity contribution >= 4 is 11.8 Å². The molecule has 3 rings (SSSR count). The third-order valence-electron chi connectivity index (χ3n) is 5.56. The van der Waals surface area contributed by atoms with Gasteiger partial charge in [-0.3, -0.25) is 9.59 Å². The zero-order valence-electron chi connectivity index (χ0n) is 15.5. The second-order valence-electron chi connectivity index (χ2n) is 7.90. The van der Waals surface area contributed by atoms with Gasteiger partial charge < -0.3 is 10.2 Å². The Bertz CT molecular complexity index is 618. The molecule has 2 amide bonds. The van der Waals surface area contributed by atoms with Crippen LogP contribution >= 0.6 is 0 Å². The third-order valence-corrected chi connectivity index (χ3v) is 5.56. The van der Waals surface area contributed by atoms with E-state index in [9.17, 15) is 9.59 Å². The Kier molecular flexibility index (Phi) is 5.77. The Morgan fingerprint density at radius 3 is 2.48 bits per heavy atom. The van der Waals surface area contributed by atoms with E-state index in [1.165, 1.54) is 11.1 Å². The molecular weight excluding hydrogens is 312 g/mol. The van der Waals surface area contributed by atoms with Crippen molar-refractivity contribution in [2.45, 2.75) is 58.4 Å². The van der Waals surface area contributed by atoms with Crippen LogP contribution in [0.4, 0.5) is 0 Å². The van der Waals surface area contributed by atoms with E-state index in [-0.39, 0.29) is 23.8 Å². The number of nitrogens with one attached hydrogen (secondary N) is 1. The van der Waals surface area contributed by atoms with Crippen LogP contribution in [-0.4, -0.2) is 35.8 Å². The summed E-state index contributed by atoms with van der Waals surface area (Å²) in [4.78, 5) is 26.7. The predicted octanol–water partition coefficient (Wildman–Crippen LogP) is 2.94. The summed E-state index contributed by atoms with van der Waals surface area (Å²) < 4.78 is 0.